The number of rotatable bonds is 5. The van der Waals surface area contributed by atoms with Gasteiger partial charge in [0.1, 0.15) is 5.82 Å². The zero-order valence-electron chi connectivity index (χ0n) is 10.8. The topological polar surface area (TPSA) is 0 Å². The Morgan fingerprint density at radius 3 is 2.15 bits per heavy atom. The van der Waals surface area contributed by atoms with Crippen LogP contribution in [-0.4, -0.2) is 10.7 Å². The van der Waals surface area contributed by atoms with E-state index >= 15 is 0 Å². The minimum atomic E-state index is -0.277. The molecule has 2 aromatic rings. The molecule has 0 radical (unpaired) electrons. The van der Waals surface area contributed by atoms with Gasteiger partial charge in [0.15, 0.2) is 0 Å². The van der Waals surface area contributed by atoms with Crippen molar-refractivity contribution >= 4 is 43.5 Å². The Balaban J connectivity index is 2.46. The van der Waals surface area contributed by atoms with Crippen LogP contribution in [0.4, 0.5) is 4.39 Å². The van der Waals surface area contributed by atoms with Crippen molar-refractivity contribution in [3.05, 3.63) is 70.5 Å². The molecule has 2 rings (SSSR count). The molecule has 0 aliphatic heterocycles. The summed E-state index contributed by atoms with van der Waals surface area (Å²) in [5.74, 6) is -0.175. The van der Waals surface area contributed by atoms with Crippen molar-refractivity contribution in [2.45, 2.75) is 11.8 Å². The van der Waals surface area contributed by atoms with Crippen LogP contribution in [0, 0.1) is 5.82 Å². The van der Waals surface area contributed by atoms with Crippen LogP contribution in [0.3, 0.4) is 0 Å². The molecule has 0 amide bonds. The summed E-state index contributed by atoms with van der Waals surface area (Å²) < 4.78 is 13.9. The molecule has 0 fully saturated rings. The Labute approximate surface area is 140 Å². The maximum atomic E-state index is 13.9. The first kappa shape index (κ1) is 16.0. The number of hydrogen-bond donors (Lipinski definition) is 0. The van der Waals surface area contributed by atoms with Crippen LogP contribution >= 0.6 is 43.5 Å². The first-order valence-corrected chi connectivity index (χ1v) is 8.85. The van der Waals surface area contributed by atoms with E-state index in [1.807, 2.05) is 36.4 Å². The molecule has 106 valence electrons. The summed E-state index contributed by atoms with van der Waals surface area (Å²) in [7, 11) is 0. The van der Waals surface area contributed by atoms with Gasteiger partial charge >= 0.3 is 0 Å². The summed E-state index contributed by atoms with van der Waals surface area (Å²) in [6, 6.07) is 14.6. The van der Waals surface area contributed by atoms with Crippen molar-refractivity contribution in [3.8, 4) is 0 Å². The Bertz CT molecular complexity index is 582. The summed E-state index contributed by atoms with van der Waals surface area (Å²) >= 11 is 13.5. The standard InChI is InChI=1S/C16H14Br2ClF/c17-10-16(11-18,13-6-2-3-7-14(13)19)9-12-5-1-4-8-15(12)20/h1-8H,9-11H2. The molecular formula is C16H14Br2ClF. The maximum absolute atomic E-state index is 13.9. The fourth-order valence-electron chi connectivity index (χ4n) is 2.27. The molecule has 0 spiro atoms. The predicted octanol–water partition coefficient (Wildman–Crippen LogP) is 5.75. The third-order valence-electron chi connectivity index (χ3n) is 3.44. The monoisotopic (exact) mass is 418 g/mol. The SMILES string of the molecule is Fc1ccccc1CC(CBr)(CBr)c1ccccc1Cl. The Morgan fingerprint density at radius 1 is 0.950 bits per heavy atom. The molecule has 0 aliphatic rings. The van der Waals surface area contributed by atoms with Crippen molar-refractivity contribution in [2.24, 2.45) is 0 Å². The molecule has 0 heterocycles. The summed E-state index contributed by atoms with van der Waals surface area (Å²) in [5.41, 5.74) is 1.45. The largest absolute Gasteiger partial charge is 0.207 e. The lowest BCUT2D eigenvalue weighted by atomic mass is 9.79. The number of benzene rings is 2. The van der Waals surface area contributed by atoms with Crippen molar-refractivity contribution in [2.75, 3.05) is 10.7 Å². The second-order valence-corrected chi connectivity index (χ2v) is 6.32. The van der Waals surface area contributed by atoms with Crippen molar-refractivity contribution < 1.29 is 4.39 Å². The predicted molar refractivity (Wildman–Crippen MR) is 90.8 cm³/mol. The van der Waals surface area contributed by atoms with Gasteiger partial charge in [-0.2, -0.15) is 0 Å². The van der Waals surface area contributed by atoms with E-state index in [9.17, 15) is 4.39 Å². The van der Waals surface area contributed by atoms with E-state index in [0.29, 0.717) is 27.7 Å². The van der Waals surface area contributed by atoms with Gasteiger partial charge in [0.2, 0.25) is 0 Å². The summed E-state index contributed by atoms with van der Waals surface area (Å²) in [6.07, 6.45) is 0.583. The van der Waals surface area contributed by atoms with E-state index < -0.39 is 0 Å². The minimum absolute atomic E-state index is 0.175. The van der Waals surface area contributed by atoms with E-state index in [-0.39, 0.29) is 11.2 Å². The van der Waals surface area contributed by atoms with Gasteiger partial charge in [0.25, 0.3) is 0 Å². The second kappa shape index (κ2) is 7.06. The Morgan fingerprint density at radius 2 is 1.55 bits per heavy atom. The molecule has 0 saturated heterocycles. The molecular weight excluding hydrogens is 406 g/mol. The molecule has 0 nitrogen and oxygen atoms in total. The van der Waals surface area contributed by atoms with E-state index in [1.54, 1.807) is 6.07 Å². The highest BCUT2D eigenvalue weighted by molar-refractivity contribution is 9.09. The molecule has 0 N–H and O–H groups in total. The minimum Gasteiger partial charge on any atom is -0.207 e. The average Bonchev–Trinajstić information content (AvgIpc) is 2.48. The summed E-state index contributed by atoms with van der Waals surface area (Å²) in [4.78, 5) is 0. The molecule has 2 aromatic carbocycles. The molecule has 4 heteroatoms. The van der Waals surface area contributed by atoms with Crippen molar-refractivity contribution in [1.82, 2.24) is 0 Å². The van der Waals surface area contributed by atoms with Crippen LogP contribution in [0.5, 0.6) is 0 Å². The highest BCUT2D eigenvalue weighted by Crippen LogP contribution is 2.37. The summed E-state index contributed by atoms with van der Waals surface area (Å²) in [5, 5.41) is 2.11. The Hall–Kier alpha value is -0.380. The van der Waals surface area contributed by atoms with Crippen LogP contribution < -0.4 is 0 Å². The van der Waals surface area contributed by atoms with Gasteiger partial charge < -0.3 is 0 Å². The highest BCUT2D eigenvalue weighted by atomic mass is 79.9. The van der Waals surface area contributed by atoms with Gasteiger partial charge in [0, 0.05) is 21.1 Å². The van der Waals surface area contributed by atoms with Gasteiger partial charge in [-0.3, -0.25) is 0 Å². The quantitative estimate of drug-likeness (QED) is 0.541. The highest BCUT2D eigenvalue weighted by Gasteiger charge is 2.33. The molecule has 0 bridgehead atoms. The number of halogens is 4. The molecule has 0 aromatic heterocycles. The molecule has 0 atom stereocenters. The zero-order valence-corrected chi connectivity index (χ0v) is 14.7. The van der Waals surface area contributed by atoms with Crippen LogP contribution in [0.15, 0.2) is 48.5 Å². The van der Waals surface area contributed by atoms with Crippen LogP contribution in [0.2, 0.25) is 5.02 Å². The van der Waals surface area contributed by atoms with Gasteiger partial charge in [-0.1, -0.05) is 79.9 Å². The smallest absolute Gasteiger partial charge is 0.126 e. The van der Waals surface area contributed by atoms with Crippen LogP contribution in [0.25, 0.3) is 0 Å². The fourth-order valence-corrected chi connectivity index (χ4v) is 4.53. The van der Waals surface area contributed by atoms with Crippen LogP contribution in [-0.2, 0) is 11.8 Å². The molecule has 0 saturated carbocycles. The maximum Gasteiger partial charge on any atom is 0.126 e. The second-order valence-electron chi connectivity index (χ2n) is 4.80. The molecule has 0 unspecified atom stereocenters. The van der Waals surface area contributed by atoms with E-state index in [1.165, 1.54) is 6.07 Å². The average molecular weight is 421 g/mol. The van der Waals surface area contributed by atoms with E-state index in [4.69, 9.17) is 11.6 Å². The van der Waals surface area contributed by atoms with Gasteiger partial charge in [-0.15, -0.1) is 0 Å². The number of alkyl halides is 2. The third-order valence-corrected chi connectivity index (χ3v) is 5.92. The lowest BCUT2D eigenvalue weighted by Gasteiger charge is -2.32. The van der Waals surface area contributed by atoms with E-state index in [2.05, 4.69) is 31.9 Å². The van der Waals surface area contributed by atoms with Crippen molar-refractivity contribution in [3.63, 3.8) is 0 Å². The normalized spacial score (nSPS) is 11.6. The third kappa shape index (κ3) is 3.26. The lowest BCUT2D eigenvalue weighted by Crippen LogP contribution is -2.33. The van der Waals surface area contributed by atoms with Crippen molar-refractivity contribution in [1.29, 1.82) is 0 Å². The fraction of sp³-hybridized carbons (Fsp3) is 0.250. The lowest BCUT2D eigenvalue weighted by molar-refractivity contribution is 0.523. The molecule has 20 heavy (non-hydrogen) atoms. The van der Waals surface area contributed by atoms with E-state index in [0.717, 1.165) is 5.56 Å². The first-order valence-electron chi connectivity index (χ1n) is 6.23. The van der Waals surface area contributed by atoms with Gasteiger partial charge in [-0.05, 0) is 29.7 Å². The summed E-state index contributed by atoms with van der Waals surface area (Å²) in [6.45, 7) is 0. The number of hydrogen-bond acceptors (Lipinski definition) is 0. The first-order chi connectivity index (χ1) is 9.63. The van der Waals surface area contributed by atoms with Gasteiger partial charge in [0.05, 0.1) is 0 Å². The molecule has 0 aliphatic carbocycles. The Kier molecular flexibility index (Phi) is 5.65. The van der Waals surface area contributed by atoms with Crippen LogP contribution in [0.1, 0.15) is 11.1 Å². The zero-order chi connectivity index (χ0) is 14.6. The van der Waals surface area contributed by atoms with Gasteiger partial charge in [-0.25, -0.2) is 4.39 Å².